The lowest BCUT2D eigenvalue weighted by Gasteiger charge is -2.16. The van der Waals surface area contributed by atoms with Crippen LogP contribution < -0.4 is 14.8 Å². The van der Waals surface area contributed by atoms with Crippen molar-refractivity contribution in [1.29, 1.82) is 0 Å². The van der Waals surface area contributed by atoms with Gasteiger partial charge in [-0.1, -0.05) is 41.9 Å². The third-order valence-corrected chi connectivity index (χ3v) is 5.21. The smallest absolute Gasteiger partial charge is 0.337 e. The molecule has 0 heterocycles. The van der Waals surface area contributed by atoms with Crippen molar-refractivity contribution < 1.29 is 19.4 Å². The van der Waals surface area contributed by atoms with Gasteiger partial charge in [-0.3, -0.25) is 0 Å². The summed E-state index contributed by atoms with van der Waals surface area (Å²) in [6, 6.07) is 18.6. The monoisotopic (exact) mass is 489 g/mol. The van der Waals surface area contributed by atoms with Crippen LogP contribution in [0.5, 0.6) is 11.5 Å². The van der Waals surface area contributed by atoms with Crippen LogP contribution in [0, 0.1) is 0 Å². The molecule has 3 rings (SSSR count). The molecule has 156 valence electrons. The minimum absolute atomic E-state index is 0.0579. The van der Waals surface area contributed by atoms with Gasteiger partial charge in [0.2, 0.25) is 0 Å². The second kappa shape index (κ2) is 10.4. The van der Waals surface area contributed by atoms with E-state index in [9.17, 15) is 9.90 Å². The van der Waals surface area contributed by atoms with Gasteiger partial charge in [0.05, 0.1) is 21.7 Å². The molecular weight excluding hydrogens is 470 g/mol. The number of halogens is 2. The van der Waals surface area contributed by atoms with Crippen molar-refractivity contribution in [2.75, 3.05) is 11.9 Å². The zero-order valence-electron chi connectivity index (χ0n) is 16.3. The Kier molecular flexibility index (Phi) is 7.60. The van der Waals surface area contributed by atoms with Gasteiger partial charge < -0.3 is 19.9 Å². The number of aromatic carboxylic acids is 1. The lowest BCUT2D eigenvalue weighted by molar-refractivity contribution is 0.0697. The first-order valence-corrected chi connectivity index (χ1v) is 10.5. The second-order valence-electron chi connectivity index (χ2n) is 6.47. The quantitative estimate of drug-likeness (QED) is 0.364. The first-order chi connectivity index (χ1) is 14.5. The fourth-order valence-electron chi connectivity index (χ4n) is 2.86. The third-order valence-electron chi connectivity index (χ3n) is 4.29. The number of ether oxygens (including phenoxy) is 2. The second-order valence-corrected chi connectivity index (χ2v) is 7.73. The van der Waals surface area contributed by atoms with Crippen LogP contribution >= 0.6 is 27.5 Å². The molecule has 5 nitrogen and oxygen atoms in total. The minimum atomic E-state index is -1.06. The molecule has 0 spiro atoms. The summed E-state index contributed by atoms with van der Waals surface area (Å²) in [7, 11) is 0. The molecule has 0 saturated heterocycles. The molecule has 0 fully saturated rings. The average molecular weight is 491 g/mol. The topological polar surface area (TPSA) is 67.8 Å². The molecule has 0 aromatic heterocycles. The number of anilines is 1. The molecule has 0 unspecified atom stereocenters. The molecule has 3 aromatic rings. The van der Waals surface area contributed by atoms with Crippen LogP contribution in [0.2, 0.25) is 5.02 Å². The predicted molar refractivity (Wildman–Crippen MR) is 122 cm³/mol. The van der Waals surface area contributed by atoms with Gasteiger partial charge in [-0.05, 0) is 64.3 Å². The summed E-state index contributed by atoms with van der Waals surface area (Å²) in [5.74, 6) is 0.219. The lowest BCUT2D eigenvalue weighted by atomic mass is 10.1. The molecule has 0 saturated carbocycles. The first kappa shape index (κ1) is 22.0. The number of rotatable bonds is 9. The molecule has 2 N–H and O–H groups in total. The molecule has 0 amide bonds. The highest BCUT2D eigenvalue weighted by Gasteiger charge is 2.14. The summed E-state index contributed by atoms with van der Waals surface area (Å²) in [5.41, 5.74) is 2.73. The van der Waals surface area contributed by atoms with E-state index in [4.69, 9.17) is 21.1 Å². The summed E-state index contributed by atoms with van der Waals surface area (Å²) in [4.78, 5) is 11.3. The Morgan fingerprint density at radius 2 is 1.83 bits per heavy atom. The number of carboxylic acid groups (broad SMARTS) is 1. The maximum atomic E-state index is 11.3. The fourth-order valence-corrected chi connectivity index (χ4v) is 3.66. The molecule has 7 heteroatoms. The Balaban J connectivity index is 1.76. The highest BCUT2D eigenvalue weighted by Crippen LogP contribution is 2.37. The molecule has 0 bridgehead atoms. The first-order valence-electron chi connectivity index (χ1n) is 9.36. The number of hydrogen-bond donors (Lipinski definition) is 2. The van der Waals surface area contributed by atoms with Gasteiger partial charge in [0.1, 0.15) is 6.61 Å². The van der Waals surface area contributed by atoms with E-state index in [2.05, 4.69) is 21.2 Å². The van der Waals surface area contributed by atoms with E-state index in [1.165, 1.54) is 6.07 Å². The lowest BCUT2D eigenvalue weighted by Crippen LogP contribution is -2.05. The molecule has 0 aliphatic carbocycles. The minimum Gasteiger partial charge on any atom is -0.490 e. The summed E-state index contributed by atoms with van der Waals surface area (Å²) in [6.45, 7) is 3.32. The predicted octanol–water partition coefficient (Wildman–Crippen LogP) is 6.39. The zero-order chi connectivity index (χ0) is 21.5. The fraction of sp³-hybridized carbons (Fsp3) is 0.174. The third kappa shape index (κ3) is 5.68. The van der Waals surface area contributed by atoms with Gasteiger partial charge in [0.25, 0.3) is 0 Å². The Morgan fingerprint density at radius 3 is 2.53 bits per heavy atom. The molecule has 0 radical (unpaired) electrons. The Hall–Kier alpha value is -2.70. The molecule has 30 heavy (non-hydrogen) atoms. The van der Waals surface area contributed by atoms with Crippen LogP contribution in [-0.2, 0) is 13.2 Å². The van der Waals surface area contributed by atoms with Crippen LogP contribution in [0.15, 0.2) is 65.1 Å². The van der Waals surface area contributed by atoms with E-state index < -0.39 is 5.97 Å². The van der Waals surface area contributed by atoms with Gasteiger partial charge in [0, 0.05) is 12.2 Å². The van der Waals surface area contributed by atoms with Crippen molar-refractivity contribution in [3.05, 3.63) is 86.8 Å². The number of nitrogens with one attached hydrogen (secondary N) is 1. The van der Waals surface area contributed by atoms with E-state index in [1.54, 1.807) is 12.1 Å². The largest absolute Gasteiger partial charge is 0.490 e. The molecule has 0 aliphatic rings. The molecule has 3 aromatic carbocycles. The normalized spacial score (nSPS) is 10.5. The van der Waals surface area contributed by atoms with E-state index in [-0.39, 0.29) is 10.6 Å². The van der Waals surface area contributed by atoms with Crippen molar-refractivity contribution in [2.45, 2.75) is 20.1 Å². The number of hydrogen-bond acceptors (Lipinski definition) is 4. The van der Waals surface area contributed by atoms with Crippen molar-refractivity contribution in [3.63, 3.8) is 0 Å². The molecular formula is C23H21BrClNO4. The van der Waals surface area contributed by atoms with Crippen molar-refractivity contribution >= 4 is 39.2 Å². The van der Waals surface area contributed by atoms with E-state index in [0.717, 1.165) is 15.6 Å². The van der Waals surface area contributed by atoms with Crippen LogP contribution in [0.25, 0.3) is 0 Å². The summed E-state index contributed by atoms with van der Waals surface area (Å²) in [5, 5.41) is 12.6. The van der Waals surface area contributed by atoms with Gasteiger partial charge in [-0.15, -0.1) is 0 Å². The maximum Gasteiger partial charge on any atom is 0.337 e. The number of carboxylic acids is 1. The summed E-state index contributed by atoms with van der Waals surface area (Å²) < 4.78 is 12.6. The standard InChI is InChI=1S/C23H21BrClNO4/c1-2-29-21-11-16(13-26-17-8-9-20(25)18(12-17)23(27)28)10-19(24)22(21)30-14-15-6-4-3-5-7-15/h3-12,26H,2,13-14H2,1H3,(H,27,28). The van der Waals surface area contributed by atoms with E-state index in [0.29, 0.717) is 36.9 Å². The van der Waals surface area contributed by atoms with Crippen LogP contribution in [-0.4, -0.2) is 17.7 Å². The van der Waals surface area contributed by atoms with Crippen molar-refractivity contribution in [1.82, 2.24) is 0 Å². The van der Waals surface area contributed by atoms with Gasteiger partial charge >= 0.3 is 5.97 Å². The molecule has 0 atom stereocenters. The SMILES string of the molecule is CCOc1cc(CNc2ccc(Cl)c(C(=O)O)c2)cc(Br)c1OCc1ccccc1. The Labute approximate surface area is 188 Å². The highest BCUT2D eigenvalue weighted by atomic mass is 79.9. The number of benzene rings is 3. The van der Waals surface area contributed by atoms with Crippen LogP contribution in [0.1, 0.15) is 28.4 Å². The van der Waals surface area contributed by atoms with Crippen molar-refractivity contribution in [2.24, 2.45) is 0 Å². The molecule has 0 aliphatic heterocycles. The Bertz CT molecular complexity index is 1030. The van der Waals surface area contributed by atoms with Gasteiger partial charge in [0.15, 0.2) is 11.5 Å². The van der Waals surface area contributed by atoms with Crippen LogP contribution in [0.3, 0.4) is 0 Å². The van der Waals surface area contributed by atoms with Gasteiger partial charge in [-0.25, -0.2) is 4.79 Å². The Morgan fingerprint density at radius 1 is 1.07 bits per heavy atom. The van der Waals surface area contributed by atoms with E-state index >= 15 is 0 Å². The van der Waals surface area contributed by atoms with Crippen LogP contribution in [0.4, 0.5) is 5.69 Å². The highest BCUT2D eigenvalue weighted by molar-refractivity contribution is 9.10. The average Bonchev–Trinajstić information content (AvgIpc) is 2.73. The zero-order valence-corrected chi connectivity index (χ0v) is 18.7. The summed E-state index contributed by atoms with van der Waals surface area (Å²) >= 11 is 9.51. The van der Waals surface area contributed by atoms with Crippen molar-refractivity contribution in [3.8, 4) is 11.5 Å². The van der Waals surface area contributed by atoms with E-state index in [1.807, 2.05) is 49.4 Å². The number of carbonyl (C=O) groups is 1. The maximum absolute atomic E-state index is 11.3. The van der Waals surface area contributed by atoms with Gasteiger partial charge in [-0.2, -0.15) is 0 Å². The summed E-state index contributed by atoms with van der Waals surface area (Å²) in [6.07, 6.45) is 0.